The summed E-state index contributed by atoms with van der Waals surface area (Å²) in [5, 5.41) is 3.45. The van der Waals surface area contributed by atoms with Crippen LogP contribution in [0.4, 0.5) is 0 Å². The van der Waals surface area contributed by atoms with Crippen molar-refractivity contribution < 1.29 is 0 Å². The van der Waals surface area contributed by atoms with Gasteiger partial charge in [0, 0.05) is 6.04 Å². The highest BCUT2D eigenvalue weighted by atomic mass is 14.9. The molecule has 0 spiro atoms. The molecule has 1 nitrogen and oxygen atoms in total. The Morgan fingerprint density at radius 3 is 2.19 bits per heavy atom. The highest BCUT2D eigenvalue weighted by Crippen LogP contribution is 2.15. The molecule has 0 heterocycles. The Kier molecular flexibility index (Phi) is 5.54. The summed E-state index contributed by atoms with van der Waals surface area (Å²) in [6.07, 6.45) is 2.39. The summed E-state index contributed by atoms with van der Waals surface area (Å²) in [5.74, 6) is 0.634. The van der Waals surface area contributed by atoms with Gasteiger partial charge < -0.3 is 5.32 Å². The predicted octanol–water partition coefficient (Wildman–Crippen LogP) is 3.74. The molecule has 90 valence electrons. The molecule has 0 saturated carbocycles. The van der Waals surface area contributed by atoms with Gasteiger partial charge in [-0.25, -0.2) is 0 Å². The van der Waals surface area contributed by atoms with E-state index in [0.717, 1.165) is 6.54 Å². The van der Waals surface area contributed by atoms with Crippen molar-refractivity contribution in [1.82, 2.24) is 5.32 Å². The number of rotatable bonds is 6. The van der Waals surface area contributed by atoms with Crippen LogP contribution in [0.5, 0.6) is 0 Å². The second-order valence-electron chi connectivity index (χ2n) is 4.89. The molecular weight excluding hydrogens is 194 g/mol. The van der Waals surface area contributed by atoms with Crippen LogP contribution in [0.25, 0.3) is 0 Å². The molecule has 0 bridgehead atoms. The Morgan fingerprint density at radius 1 is 1.06 bits per heavy atom. The maximum absolute atomic E-state index is 3.45. The summed E-state index contributed by atoms with van der Waals surface area (Å²) < 4.78 is 0. The summed E-state index contributed by atoms with van der Waals surface area (Å²) in [6.45, 7) is 9.96. The molecule has 0 saturated heterocycles. The minimum absolute atomic E-state index is 0.620. The van der Waals surface area contributed by atoms with Crippen LogP contribution in [0.1, 0.15) is 51.2 Å². The topological polar surface area (TPSA) is 12.0 Å². The molecule has 1 aromatic rings. The van der Waals surface area contributed by atoms with Gasteiger partial charge in [-0.15, -0.1) is 0 Å². The van der Waals surface area contributed by atoms with E-state index in [1.165, 1.54) is 24.0 Å². The van der Waals surface area contributed by atoms with Gasteiger partial charge in [-0.05, 0) is 43.4 Å². The first-order valence-corrected chi connectivity index (χ1v) is 6.45. The molecule has 1 heteroatoms. The third-order valence-corrected chi connectivity index (χ3v) is 3.06. The molecule has 1 aromatic carbocycles. The van der Waals surface area contributed by atoms with E-state index in [1.54, 1.807) is 0 Å². The SMILES string of the molecule is CCNC(C)CCc1ccc(C(C)C)cc1. The van der Waals surface area contributed by atoms with E-state index in [4.69, 9.17) is 0 Å². The fraction of sp³-hybridized carbons (Fsp3) is 0.600. The Morgan fingerprint density at radius 2 is 1.69 bits per heavy atom. The molecule has 0 aromatic heterocycles. The number of aryl methyl sites for hydroxylation is 1. The van der Waals surface area contributed by atoms with Crippen molar-refractivity contribution in [3.63, 3.8) is 0 Å². The van der Waals surface area contributed by atoms with Gasteiger partial charge in [-0.2, -0.15) is 0 Å². The number of benzene rings is 1. The lowest BCUT2D eigenvalue weighted by Crippen LogP contribution is -2.25. The Labute approximate surface area is 100 Å². The normalized spacial score (nSPS) is 13.1. The van der Waals surface area contributed by atoms with E-state index in [-0.39, 0.29) is 0 Å². The second-order valence-corrected chi connectivity index (χ2v) is 4.89. The highest BCUT2D eigenvalue weighted by Gasteiger charge is 2.02. The molecule has 1 unspecified atom stereocenters. The molecule has 1 N–H and O–H groups in total. The van der Waals surface area contributed by atoms with Crippen molar-refractivity contribution in [3.05, 3.63) is 35.4 Å². The monoisotopic (exact) mass is 219 g/mol. The molecular formula is C15H25N. The molecule has 1 atom stereocenters. The van der Waals surface area contributed by atoms with E-state index in [0.29, 0.717) is 12.0 Å². The lowest BCUT2D eigenvalue weighted by molar-refractivity contribution is 0.530. The zero-order valence-corrected chi connectivity index (χ0v) is 11.1. The van der Waals surface area contributed by atoms with Gasteiger partial charge in [0.1, 0.15) is 0 Å². The first-order chi connectivity index (χ1) is 7.63. The van der Waals surface area contributed by atoms with E-state index in [9.17, 15) is 0 Å². The van der Waals surface area contributed by atoms with Crippen molar-refractivity contribution in [2.45, 2.75) is 52.5 Å². The average Bonchev–Trinajstić information content (AvgIpc) is 2.27. The van der Waals surface area contributed by atoms with Crippen molar-refractivity contribution in [2.75, 3.05) is 6.54 Å². The van der Waals surface area contributed by atoms with Gasteiger partial charge >= 0.3 is 0 Å². The Hall–Kier alpha value is -0.820. The summed E-state index contributed by atoms with van der Waals surface area (Å²) >= 11 is 0. The van der Waals surface area contributed by atoms with Crippen LogP contribution in [0.3, 0.4) is 0 Å². The van der Waals surface area contributed by atoms with E-state index in [1.807, 2.05) is 0 Å². The zero-order chi connectivity index (χ0) is 12.0. The Balaban J connectivity index is 2.43. The quantitative estimate of drug-likeness (QED) is 0.768. The van der Waals surface area contributed by atoms with Gasteiger partial charge in [0.15, 0.2) is 0 Å². The first-order valence-electron chi connectivity index (χ1n) is 6.45. The largest absolute Gasteiger partial charge is 0.315 e. The number of hydrogen-bond acceptors (Lipinski definition) is 1. The molecule has 0 aliphatic heterocycles. The first kappa shape index (κ1) is 13.2. The maximum Gasteiger partial charge on any atom is 0.00417 e. The third kappa shape index (κ3) is 4.36. The number of nitrogens with one attached hydrogen (secondary N) is 1. The van der Waals surface area contributed by atoms with Gasteiger partial charge in [0.25, 0.3) is 0 Å². The molecule has 0 radical (unpaired) electrons. The fourth-order valence-electron chi connectivity index (χ4n) is 1.90. The molecule has 0 amide bonds. The summed E-state index contributed by atoms with van der Waals surface area (Å²) in [5.41, 5.74) is 2.89. The molecule has 1 rings (SSSR count). The van der Waals surface area contributed by atoms with Crippen molar-refractivity contribution in [1.29, 1.82) is 0 Å². The van der Waals surface area contributed by atoms with Crippen LogP contribution in [0.2, 0.25) is 0 Å². The van der Waals surface area contributed by atoms with Crippen molar-refractivity contribution in [2.24, 2.45) is 0 Å². The Bertz CT molecular complexity index is 287. The van der Waals surface area contributed by atoms with Crippen LogP contribution in [-0.2, 0) is 6.42 Å². The summed E-state index contributed by atoms with van der Waals surface area (Å²) in [7, 11) is 0. The minimum atomic E-state index is 0.620. The smallest absolute Gasteiger partial charge is 0.00417 e. The van der Waals surface area contributed by atoms with Crippen LogP contribution in [-0.4, -0.2) is 12.6 Å². The minimum Gasteiger partial charge on any atom is -0.315 e. The highest BCUT2D eigenvalue weighted by molar-refractivity contribution is 5.24. The van der Waals surface area contributed by atoms with Gasteiger partial charge in [0.2, 0.25) is 0 Å². The third-order valence-electron chi connectivity index (χ3n) is 3.06. The van der Waals surface area contributed by atoms with Crippen LogP contribution in [0.15, 0.2) is 24.3 Å². The standard InChI is InChI=1S/C15H25N/c1-5-16-13(4)6-7-14-8-10-15(11-9-14)12(2)3/h8-13,16H,5-7H2,1-4H3. The van der Waals surface area contributed by atoms with E-state index in [2.05, 4.69) is 57.3 Å². The molecule has 0 aliphatic rings. The zero-order valence-electron chi connectivity index (χ0n) is 11.1. The molecule has 0 aliphatic carbocycles. The van der Waals surface area contributed by atoms with Gasteiger partial charge in [-0.1, -0.05) is 45.0 Å². The van der Waals surface area contributed by atoms with E-state index < -0.39 is 0 Å². The molecule has 16 heavy (non-hydrogen) atoms. The predicted molar refractivity (Wildman–Crippen MR) is 72.0 cm³/mol. The second kappa shape index (κ2) is 6.70. The van der Waals surface area contributed by atoms with Crippen molar-refractivity contribution in [3.8, 4) is 0 Å². The van der Waals surface area contributed by atoms with Gasteiger partial charge in [-0.3, -0.25) is 0 Å². The van der Waals surface area contributed by atoms with Crippen LogP contribution in [0, 0.1) is 0 Å². The average molecular weight is 219 g/mol. The number of hydrogen-bond donors (Lipinski definition) is 1. The maximum atomic E-state index is 3.45. The summed E-state index contributed by atoms with van der Waals surface area (Å²) in [6, 6.07) is 9.69. The van der Waals surface area contributed by atoms with Crippen LogP contribution < -0.4 is 5.32 Å². The lowest BCUT2D eigenvalue weighted by atomic mass is 9.99. The van der Waals surface area contributed by atoms with Crippen LogP contribution >= 0.6 is 0 Å². The molecule has 0 fully saturated rings. The van der Waals surface area contributed by atoms with E-state index >= 15 is 0 Å². The summed E-state index contributed by atoms with van der Waals surface area (Å²) in [4.78, 5) is 0. The van der Waals surface area contributed by atoms with Crippen molar-refractivity contribution >= 4 is 0 Å². The fourth-order valence-corrected chi connectivity index (χ4v) is 1.90. The van der Waals surface area contributed by atoms with Gasteiger partial charge in [0.05, 0.1) is 0 Å². The lowest BCUT2D eigenvalue weighted by Gasteiger charge is -2.12.